The molecule has 0 radical (unpaired) electrons. The zero-order chi connectivity index (χ0) is 19.1. The Morgan fingerprint density at radius 2 is 2.07 bits per heavy atom. The lowest BCUT2D eigenvalue weighted by Gasteiger charge is -2.05. The van der Waals surface area contributed by atoms with Crippen molar-refractivity contribution in [2.75, 3.05) is 5.32 Å². The molecule has 0 aliphatic rings. The smallest absolute Gasteiger partial charge is 0.189 e. The van der Waals surface area contributed by atoms with Gasteiger partial charge >= 0.3 is 0 Å². The van der Waals surface area contributed by atoms with Crippen molar-refractivity contribution in [2.24, 2.45) is 0 Å². The molecule has 6 nitrogen and oxygen atoms in total. The van der Waals surface area contributed by atoms with E-state index in [1.54, 1.807) is 22.2 Å². The van der Waals surface area contributed by atoms with Crippen LogP contribution in [-0.4, -0.2) is 24.7 Å². The molecular formula is C20H15ClN6S. The van der Waals surface area contributed by atoms with Gasteiger partial charge in [-0.2, -0.15) is 5.10 Å². The highest BCUT2D eigenvalue weighted by Gasteiger charge is 2.13. The van der Waals surface area contributed by atoms with Crippen molar-refractivity contribution < 1.29 is 0 Å². The lowest BCUT2D eigenvalue weighted by molar-refractivity contribution is 0.895. The number of nitrogens with zero attached hydrogens (tertiary/aromatic N) is 5. The zero-order valence-electron chi connectivity index (χ0n) is 14.9. The Balaban J connectivity index is 1.55. The zero-order valence-corrected chi connectivity index (χ0v) is 16.5. The van der Waals surface area contributed by atoms with E-state index in [2.05, 4.69) is 50.5 Å². The number of fused-ring (bicyclic) bond motifs is 2. The van der Waals surface area contributed by atoms with E-state index < -0.39 is 0 Å². The molecule has 0 unspecified atom stereocenters. The van der Waals surface area contributed by atoms with Gasteiger partial charge in [0.2, 0.25) is 0 Å². The molecule has 8 heteroatoms. The average Bonchev–Trinajstić information content (AvgIpc) is 3.31. The maximum atomic E-state index is 6.12. The van der Waals surface area contributed by atoms with Crippen LogP contribution in [0.3, 0.4) is 0 Å². The third-order valence-corrected chi connectivity index (χ3v) is 5.67. The Labute approximate surface area is 169 Å². The average molecular weight is 407 g/mol. The molecule has 0 aliphatic carbocycles. The molecule has 0 aliphatic heterocycles. The van der Waals surface area contributed by atoms with Gasteiger partial charge in [0, 0.05) is 5.02 Å². The summed E-state index contributed by atoms with van der Waals surface area (Å²) in [7, 11) is 0. The molecule has 28 heavy (non-hydrogen) atoms. The number of benzene rings is 2. The highest BCUT2D eigenvalue weighted by molar-refractivity contribution is 7.22. The molecule has 0 bridgehead atoms. The van der Waals surface area contributed by atoms with E-state index >= 15 is 0 Å². The Morgan fingerprint density at radius 3 is 2.93 bits per heavy atom. The molecule has 0 saturated heterocycles. The van der Waals surface area contributed by atoms with Crippen LogP contribution in [0, 0.1) is 0 Å². The lowest BCUT2D eigenvalue weighted by atomic mass is 10.2. The summed E-state index contributed by atoms with van der Waals surface area (Å²) >= 11 is 7.73. The van der Waals surface area contributed by atoms with Gasteiger partial charge in [-0.15, -0.1) is 0 Å². The number of aromatic nitrogens is 5. The normalized spacial score (nSPS) is 11.4. The first-order chi connectivity index (χ1) is 13.7. The standard InChI is InChI=1S/C20H15ClN6S/c1-2-12-6-7-16-17(8-12)28-20(25-16)26-18-15-10-24-27(19(15)23-11-22-18)14-5-3-4-13(21)9-14/h3-11H,2H2,1H3,(H,22,23,25,26). The molecule has 0 amide bonds. The van der Waals surface area contributed by atoms with Gasteiger partial charge < -0.3 is 5.32 Å². The molecule has 3 aromatic heterocycles. The van der Waals surface area contributed by atoms with E-state index in [1.807, 2.05) is 24.3 Å². The highest BCUT2D eigenvalue weighted by atomic mass is 35.5. The molecule has 3 heterocycles. The first kappa shape index (κ1) is 17.1. The predicted molar refractivity (Wildman–Crippen MR) is 114 cm³/mol. The van der Waals surface area contributed by atoms with Gasteiger partial charge in [-0.05, 0) is 42.3 Å². The van der Waals surface area contributed by atoms with Crippen molar-refractivity contribution >= 4 is 55.1 Å². The molecule has 5 rings (SSSR count). The fourth-order valence-corrected chi connectivity index (χ4v) is 4.20. The minimum atomic E-state index is 0.648. The maximum Gasteiger partial charge on any atom is 0.189 e. The molecular weight excluding hydrogens is 392 g/mol. The van der Waals surface area contributed by atoms with Crippen molar-refractivity contribution in [3.63, 3.8) is 0 Å². The van der Waals surface area contributed by atoms with Crippen LogP contribution in [0.2, 0.25) is 5.02 Å². The number of halogens is 1. The summed E-state index contributed by atoms with van der Waals surface area (Å²) in [5.74, 6) is 0.674. The lowest BCUT2D eigenvalue weighted by Crippen LogP contribution is -1.99. The van der Waals surface area contributed by atoms with Crippen molar-refractivity contribution in [2.45, 2.75) is 13.3 Å². The van der Waals surface area contributed by atoms with E-state index in [1.165, 1.54) is 11.9 Å². The second kappa shape index (κ2) is 6.85. The molecule has 0 spiro atoms. The topological polar surface area (TPSA) is 68.5 Å². The van der Waals surface area contributed by atoms with Crippen LogP contribution in [0.25, 0.3) is 26.9 Å². The first-order valence-corrected chi connectivity index (χ1v) is 10.0. The van der Waals surface area contributed by atoms with Crippen molar-refractivity contribution in [3.05, 3.63) is 65.6 Å². The van der Waals surface area contributed by atoms with Gasteiger partial charge in [0.25, 0.3) is 0 Å². The van der Waals surface area contributed by atoms with Crippen molar-refractivity contribution in [3.8, 4) is 5.69 Å². The van der Waals surface area contributed by atoms with Gasteiger partial charge in [-0.3, -0.25) is 0 Å². The molecule has 1 N–H and O–H groups in total. The summed E-state index contributed by atoms with van der Waals surface area (Å²) < 4.78 is 2.90. The van der Waals surface area contributed by atoms with Crippen LogP contribution in [-0.2, 0) is 6.42 Å². The summed E-state index contributed by atoms with van der Waals surface area (Å²) in [6.45, 7) is 2.15. The summed E-state index contributed by atoms with van der Waals surface area (Å²) in [5.41, 5.74) is 3.83. The second-order valence-electron chi connectivity index (χ2n) is 6.30. The van der Waals surface area contributed by atoms with Crippen molar-refractivity contribution in [1.29, 1.82) is 0 Å². The van der Waals surface area contributed by atoms with Crippen LogP contribution in [0.15, 0.2) is 55.0 Å². The van der Waals surface area contributed by atoms with E-state index in [0.29, 0.717) is 16.5 Å². The Hall–Kier alpha value is -3.03. The number of hydrogen-bond donors (Lipinski definition) is 1. The molecule has 0 fully saturated rings. The molecule has 2 aromatic carbocycles. The fourth-order valence-electron chi connectivity index (χ4n) is 3.08. The first-order valence-electron chi connectivity index (χ1n) is 8.82. The number of thiazole rings is 1. The van der Waals surface area contributed by atoms with Gasteiger partial charge in [0.15, 0.2) is 10.8 Å². The number of nitrogens with one attached hydrogen (secondary N) is 1. The van der Waals surface area contributed by atoms with Crippen LogP contribution >= 0.6 is 22.9 Å². The number of aryl methyl sites for hydroxylation is 1. The largest absolute Gasteiger partial charge is 0.315 e. The van der Waals surface area contributed by atoms with Crippen LogP contribution < -0.4 is 5.32 Å². The summed E-state index contributed by atoms with van der Waals surface area (Å²) in [5, 5.41) is 10.1. The van der Waals surface area contributed by atoms with Gasteiger partial charge in [-0.1, -0.05) is 42.0 Å². The van der Waals surface area contributed by atoms with E-state index in [-0.39, 0.29) is 0 Å². The van der Waals surface area contributed by atoms with Gasteiger partial charge in [0.05, 0.1) is 27.5 Å². The SMILES string of the molecule is CCc1ccc2nc(Nc3ncnc4c3cnn4-c3cccc(Cl)c3)sc2c1. The van der Waals surface area contributed by atoms with Crippen LogP contribution in [0.5, 0.6) is 0 Å². The summed E-state index contributed by atoms with van der Waals surface area (Å²) in [4.78, 5) is 13.5. The van der Waals surface area contributed by atoms with Gasteiger partial charge in [-0.25, -0.2) is 19.6 Å². The van der Waals surface area contributed by atoms with E-state index in [9.17, 15) is 0 Å². The predicted octanol–water partition coefficient (Wildman–Crippen LogP) is 5.38. The monoisotopic (exact) mass is 406 g/mol. The second-order valence-corrected chi connectivity index (χ2v) is 7.76. The minimum Gasteiger partial charge on any atom is -0.315 e. The molecule has 0 atom stereocenters. The summed E-state index contributed by atoms with van der Waals surface area (Å²) in [6.07, 6.45) is 4.28. The Bertz CT molecular complexity index is 1310. The summed E-state index contributed by atoms with van der Waals surface area (Å²) in [6, 6.07) is 13.9. The minimum absolute atomic E-state index is 0.648. The van der Waals surface area contributed by atoms with Gasteiger partial charge in [0.1, 0.15) is 12.1 Å². The van der Waals surface area contributed by atoms with Crippen LogP contribution in [0.4, 0.5) is 10.9 Å². The Morgan fingerprint density at radius 1 is 1.14 bits per heavy atom. The quantitative estimate of drug-likeness (QED) is 0.433. The highest BCUT2D eigenvalue weighted by Crippen LogP contribution is 2.31. The van der Waals surface area contributed by atoms with Crippen molar-refractivity contribution in [1.82, 2.24) is 24.7 Å². The Kier molecular flexibility index (Phi) is 4.18. The third kappa shape index (κ3) is 2.98. The molecule has 0 saturated carbocycles. The fraction of sp³-hybridized carbons (Fsp3) is 0.100. The van der Waals surface area contributed by atoms with Crippen LogP contribution in [0.1, 0.15) is 12.5 Å². The molecule has 5 aromatic rings. The number of anilines is 2. The van der Waals surface area contributed by atoms with E-state index in [4.69, 9.17) is 11.6 Å². The maximum absolute atomic E-state index is 6.12. The third-order valence-electron chi connectivity index (χ3n) is 4.51. The molecule has 138 valence electrons. The number of hydrogen-bond acceptors (Lipinski definition) is 6. The van der Waals surface area contributed by atoms with E-state index in [0.717, 1.165) is 32.8 Å². The number of rotatable bonds is 4.